The predicted molar refractivity (Wildman–Crippen MR) is 224 cm³/mol. The van der Waals surface area contributed by atoms with Gasteiger partial charge in [-0.05, 0) is 125 Å². The van der Waals surface area contributed by atoms with Crippen LogP contribution in [0.15, 0.2) is 170 Å². The molecule has 250 valence electrons. The number of hydrogen-bond acceptors (Lipinski definition) is 0. The van der Waals surface area contributed by atoms with Crippen molar-refractivity contribution >= 4 is 43.6 Å². The number of hydrogen-bond donors (Lipinski definition) is 0. The molecule has 0 fully saturated rings. The van der Waals surface area contributed by atoms with Crippen LogP contribution in [-0.2, 0) is 6.42 Å². The molecule has 10 aromatic rings. The fourth-order valence-electron chi connectivity index (χ4n) is 9.06. The van der Waals surface area contributed by atoms with Crippen LogP contribution in [0.4, 0.5) is 0 Å². The van der Waals surface area contributed by atoms with E-state index in [0.717, 1.165) is 12.1 Å². The Kier molecular flexibility index (Phi) is 6.48. The molecule has 2 heteroatoms. The van der Waals surface area contributed by atoms with Gasteiger partial charge in [0.15, 0.2) is 0 Å². The average Bonchev–Trinajstić information content (AvgIpc) is 3.85. The molecule has 0 saturated carbocycles. The van der Waals surface area contributed by atoms with Gasteiger partial charge in [0.25, 0.3) is 0 Å². The molecule has 0 radical (unpaired) electrons. The van der Waals surface area contributed by atoms with Crippen molar-refractivity contribution in [2.75, 3.05) is 0 Å². The smallest absolute Gasteiger partial charge is 0.0542 e. The summed E-state index contributed by atoms with van der Waals surface area (Å²) in [5, 5.41) is 5.05. The number of aryl methyl sites for hydroxylation is 2. The first-order chi connectivity index (χ1) is 26.1. The van der Waals surface area contributed by atoms with Crippen LogP contribution in [0, 0.1) is 13.8 Å². The van der Waals surface area contributed by atoms with Gasteiger partial charge in [0.05, 0.1) is 22.1 Å². The van der Waals surface area contributed by atoms with E-state index in [1.54, 1.807) is 0 Å². The molecule has 0 spiro atoms. The SMILES string of the molecule is Cc1ccc2c(c1)-c1cc(C)cc(-c3cccc(-c4cccc(-n5c6ccccc6c6cc(-n7c8ccccc8c8ccccc87)ccc65)c4)c3)c1C2. The van der Waals surface area contributed by atoms with E-state index in [2.05, 4.69) is 193 Å². The standard InChI is InChI=1S/C51H36N2/c1-32-21-22-37-30-46-44(26-33(2)27-45(46)43(37)25-32)36-13-9-11-34(28-36)35-12-10-14-38(29-35)52-50-20-8-5-17-42(50)47-31-39(23-24-51(47)52)53-48-18-6-3-15-40(48)41-16-4-7-19-49(41)53/h3-29,31H,30H2,1-2H3. The summed E-state index contributed by atoms with van der Waals surface area (Å²) in [6.07, 6.45) is 0.979. The van der Waals surface area contributed by atoms with E-state index in [1.165, 1.54) is 105 Å². The third-order valence-corrected chi connectivity index (χ3v) is 11.4. The zero-order chi connectivity index (χ0) is 35.2. The van der Waals surface area contributed by atoms with Crippen molar-refractivity contribution in [2.45, 2.75) is 20.3 Å². The van der Waals surface area contributed by atoms with Gasteiger partial charge in [-0.1, -0.05) is 121 Å². The van der Waals surface area contributed by atoms with Crippen molar-refractivity contribution in [3.8, 4) is 44.8 Å². The van der Waals surface area contributed by atoms with Crippen molar-refractivity contribution in [2.24, 2.45) is 0 Å². The van der Waals surface area contributed by atoms with E-state index in [4.69, 9.17) is 0 Å². The highest BCUT2D eigenvalue weighted by atomic mass is 15.0. The van der Waals surface area contributed by atoms with Crippen LogP contribution in [0.2, 0.25) is 0 Å². The van der Waals surface area contributed by atoms with Crippen LogP contribution >= 0.6 is 0 Å². The lowest BCUT2D eigenvalue weighted by molar-refractivity contribution is 1.17. The number of para-hydroxylation sites is 3. The molecule has 0 bridgehead atoms. The second kappa shape index (κ2) is 11.4. The lowest BCUT2D eigenvalue weighted by Crippen LogP contribution is -1.96. The molecule has 2 heterocycles. The third kappa shape index (κ3) is 4.59. The maximum absolute atomic E-state index is 2.43. The zero-order valence-electron chi connectivity index (χ0n) is 29.8. The molecule has 0 saturated heterocycles. The summed E-state index contributed by atoms with van der Waals surface area (Å²) >= 11 is 0. The van der Waals surface area contributed by atoms with Crippen molar-refractivity contribution in [3.05, 3.63) is 192 Å². The molecule has 11 rings (SSSR count). The molecule has 1 aliphatic carbocycles. The lowest BCUT2D eigenvalue weighted by Gasteiger charge is -2.14. The molecule has 0 N–H and O–H groups in total. The van der Waals surface area contributed by atoms with Gasteiger partial charge in [-0.15, -0.1) is 0 Å². The van der Waals surface area contributed by atoms with E-state index in [9.17, 15) is 0 Å². The Morgan fingerprint density at radius 1 is 0.358 bits per heavy atom. The molecule has 0 amide bonds. The molecule has 8 aromatic carbocycles. The molecule has 0 unspecified atom stereocenters. The zero-order valence-corrected chi connectivity index (χ0v) is 29.8. The predicted octanol–water partition coefficient (Wildman–Crippen LogP) is 13.4. The number of fused-ring (bicyclic) bond motifs is 9. The van der Waals surface area contributed by atoms with Gasteiger partial charge >= 0.3 is 0 Å². The maximum atomic E-state index is 2.43. The minimum absolute atomic E-state index is 0.979. The van der Waals surface area contributed by atoms with Gasteiger partial charge in [-0.2, -0.15) is 0 Å². The Labute approximate surface area is 308 Å². The molecular formula is C51H36N2. The average molecular weight is 677 g/mol. The third-order valence-electron chi connectivity index (χ3n) is 11.4. The Morgan fingerprint density at radius 3 is 1.62 bits per heavy atom. The monoisotopic (exact) mass is 676 g/mol. The minimum Gasteiger partial charge on any atom is -0.309 e. The minimum atomic E-state index is 0.979. The maximum Gasteiger partial charge on any atom is 0.0542 e. The van der Waals surface area contributed by atoms with Gasteiger partial charge in [-0.25, -0.2) is 0 Å². The van der Waals surface area contributed by atoms with Gasteiger partial charge < -0.3 is 9.13 Å². The summed E-state index contributed by atoms with van der Waals surface area (Å²) in [5.74, 6) is 0. The van der Waals surface area contributed by atoms with Crippen LogP contribution in [0.5, 0.6) is 0 Å². The Hall–Kier alpha value is -6.64. The largest absolute Gasteiger partial charge is 0.309 e. The highest BCUT2D eigenvalue weighted by Gasteiger charge is 2.23. The van der Waals surface area contributed by atoms with E-state index in [0.29, 0.717) is 0 Å². The summed E-state index contributed by atoms with van der Waals surface area (Å²) in [4.78, 5) is 0. The number of rotatable bonds is 4. The highest BCUT2D eigenvalue weighted by Crippen LogP contribution is 2.44. The first-order valence-electron chi connectivity index (χ1n) is 18.6. The summed E-state index contributed by atoms with van der Waals surface area (Å²) < 4.78 is 4.84. The molecule has 0 aliphatic heterocycles. The highest BCUT2D eigenvalue weighted by molar-refractivity contribution is 6.12. The number of aromatic nitrogens is 2. The van der Waals surface area contributed by atoms with Gasteiger partial charge in [0.2, 0.25) is 0 Å². The van der Waals surface area contributed by atoms with E-state index in [1.807, 2.05) is 0 Å². The van der Waals surface area contributed by atoms with Crippen LogP contribution in [0.3, 0.4) is 0 Å². The van der Waals surface area contributed by atoms with E-state index >= 15 is 0 Å². The van der Waals surface area contributed by atoms with Crippen molar-refractivity contribution in [1.82, 2.24) is 9.13 Å². The van der Waals surface area contributed by atoms with Crippen LogP contribution in [0.25, 0.3) is 88.4 Å². The van der Waals surface area contributed by atoms with Crippen LogP contribution < -0.4 is 0 Å². The number of benzene rings is 8. The van der Waals surface area contributed by atoms with E-state index in [-0.39, 0.29) is 0 Å². The Morgan fingerprint density at radius 2 is 0.906 bits per heavy atom. The molecule has 0 atom stereocenters. The molecule has 1 aliphatic rings. The second-order valence-corrected chi connectivity index (χ2v) is 14.7. The van der Waals surface area contributed by atoms with Crippen molar-refractivity contribution in [3.63, 3.8) is 0 Å². The normalized spacial score (nSPS) is 12.3. The molecule has 2 nitrogen and oxygen atoms in total. The fourth-order valence-corrected chi connectivity index (χ4v) is 9.06. The molecule has 2 aromatic heterocycles. The second-order valence-electron chi connectivity index (χ2n) is 14.7. The van der Waals surface area contributed by atoms with Gasteiger partial charge in [0.1, 0.15) is 0 Å². The summed E-state index contributed by atoms with van der Waals surface area (Å²) in [6.45, 7) is 4.42. The Balaban J connectivity index is 1.04. The summed E-state index contributed by atoms with van der Waals surface area (Å²) in [7, 11) is 0. The van der Waals surface area contributed by atoms with Crippen molar-refractivity contribution in [1.29, 1.82) is 0 Å². The van der Waals surface area contributed by atoms with Gasteiger partial charge in [0, 0.05) is 32.9 Å². The summed E-state index contributed by atoms with van der Waals surface area (Å²) in [6, 6.07) is 63.1. The van der Waals surface area contributed by atoms with E-state index < -0.39 is 0 Å². The Bertz CT molecular complexity index is 3060. The molecular weight excluding hydrogens is 641 g/mol. The van der Waals surface area contributed by atoms with Crippen LogP contribution in [-0.4, -0.2) is 9.13 Å². The van der Waals surface area contributed by atoms with Crippen molar-refractivity contribution < 1.29 is 0 Å². The quantitative estimate of drug-likeness (QED) is 0.176. The fraction of sp³-hybridized carbons (Fsp3) is 0.0588. The van der Waals surface area contributed by atoms with Crippen LogP contribution in [0.1, 0.15) is 22.3 Å². The topological polar surface area (TPSA) is 9.86 Å². The summed E-state index contributed by atoms with van der Waals surface area (Å²) in [5.41, 5.74) is 20.5. The molecule has 53 heavy (non-hydrogen) atoms. The number of nitrogens with zero attached hydrogens (tertiary/aromatic N) is 2. The first kappa shape index (κ1) is 30.0. The first-order valence-corrected chi connectivity index (χ1v) is 18.6. The van der Waals surface area contributed by atoms with Gasteiger partial charge in [-0.3, -0.25) is 0 Å². The lowest BCUT2D eigenvalue weighted by atomic mass is 9.91.